The number of oxazole rings is 1. The fraction of sp³-hybridized carbons (Fsp3) is 0.0625. The van der Waals surface area contributed by atoms with Crippen LogP contribution < -0.4 is 0 Å². The maximum Gasteiger partial charge on any atom is 0.312 e. The van der Waals surface area contributed by atoms with Crippen molar-refractivity contribution in [3.63, 3.8) is 0 Å². The molecule has 0 saturated heterocycles. The minimum Gasteiger partial charge on any atom is -0.479 e. The van der Waals surface area contributed by atoms with Crippen LogP contribution >= 0.6 is 15.9 Å². The topological polar surface area (TPSA) is 71.5 Å². The molecular weight excluding hydrogens is 346 g/mol. The lowest BCUT2D eigenvalue weighted by molar-refractivity contribution is 0.337. The van der Waals surface area contributed by atoms with Gasteiger partial charge in [0.2, 0.25) is 5.89 Å². The summed E-state index contributed by atoms with van der Waals surface area (Å²) in [6.45, 7) is 1.96. The van der Waals surface area contributed by atoms with E-state index in [1.54, 1.807) is 6.20 Å². The van der Waals surface area contributed by atoms with Gasteiger partial charge in [-0.2, -0.15) is 0 Å². The zero-order chi connectivity index (χ0) is 15.5. The van der Waals surface area contributed by atoms with Crippen molar-refractivity contribution in [2.75, 3.05) is 0 Å². The zero-order valence-corrected chi connectivity index (χ0v) is 13.3. The Morgan fingerprint density at radius 2 is 2.09 bits per heavy atom. The third-order valence-electron chi connectivity index (χ3n) is 2.96. The number of benzene rings is 1. The van der Waals surface area contributed by atoms with Gasteiger partial charge in [-0.1, -0.05) is 12.1 Å². The van der Waals surface area contributed by atoms with Crippen LogP contribution in [0.1, 0.15) is 11.3 Å². The van der Waals surface area contributed by atoms with Crippen molar-refractivity contribution in [1.82, 2.24) is 9.97 Å². The summed E-state index contributed by atoms with van der Waals surface area (Å²) >= 11 is 3.43. The van der Waals surface area contributed by atoms with E-state index in [9.17, 15) is 5.11 Å². The summed E-state index contributed by atoms with van der Waals surface area (Å²) in [6.07, 6.45) is 3.11. The molecule has 2 heterocycles. The summed E-state index contributed by atoms with van der Waals surface area (Å²) in [6, 6.07) is 11.2. The average Bonchev–Trinajstić information content (AvgIpc) is 2.87. The van der Waals surface area contributed by atoms with Gasteiger partial charge in [0.25, 0.3) is 0 Å². The van der Waals surface area contributed by atoms with Gasteiger partial charge in [-0.15, -0.1) is 0 Å². The molecule has 0 radical (unpaired) electrons. The van der Waals surface area contributed by atoms with Crippen LogP contribution in [-0.4, -0.2) is 21.3 Å². The van der Waals surface area contributed by atoms with Gasteiger partial charge in [0.1, 0.15) is 0 Å². The van der Waals surface area contributed by atoms with Crippen molar-refractivity contribution in [3.8, 4) is 17.4 Å². The smallest absolute Gasteiger partial charge is 0.312 e. The van der Waals surface area contributed by atoms with Crippen LogP contribution in [0.3, 0.4) is 0 Å². The second kappa shape index (κ2) is 6.11. The van der Waals surface area contributed by atoms with Crippen molar-refractivity contribution in [3.05, 3.63) is 58.3 Å². The minimum absolute atomic E-state index is 0.258. The highest BCUT2D eigenvalue weighted by Gasteiger charge is 2.14. The first-order valence-electron chi connectivity index (χ1n) is 6.55. The second-order valence-electron chi connectivity index (χ2n) is 4.64. The van der Waals surface area contributed by atoms with Crippen molar-refractivity contribution in [2.45, 2.75) is 6.92 Å². The monoisotopic (exact) mass is 357 g/mol. The first-order chi connectivity index (χ1) is 10.6. The van der Waals surface area contributed by atoms with Crippen molar-refractivity contribution < 1.29 is 9.52 Å². The number of pyridine rings is 1. The molecule has 6 heteroatoms. The van der Waals surface area contributed by atoms with Crippen LogP contribution in [0.5, 0.6) is 5.95 Å². The van der Waals surface area contributed by atoms with Crippen LogP contribution in [0.25, 0.3) is 11.5 Å². The standard InChI is InChI=1S/C16H12BrN3O2/c1-10-6-7-18-14(8-10)19-9-13-16(21)22-15(20-13)11-4-2-3-5-12(11)17/h2-9,21H,1H3. The number of aromatic nitrogens is 2. The number of halogens is 1. The first-order valence-corrected chi connectivity index (χ1v) is 7.34. The Balaban J connectivity index is 1.92. The van der Waals surface area contributed by atoms with Crippen LogP contribution in [0.15, 0.2) is 56.5 Å². The Morgan fingerprint density at radius 1 is 1.27 bits per heavy atom. The van der Waals surface area contributed by atoms with Gasteiger partial charge in [-0.05, 0) is 52.7 Å². The van der Waals surface area contributed by atoms with Gasteiger partial charge in [0, 0.05) is 10.7 Å². The fourth-order valence-electron chi connectivity index (χ4n) is 1.88. The predicted molar refractivity (Wildman–Crippen MR) is 87.5 cm³/mol. The molecule has 3 rings (SSSR count). The van der Waals surface area contributed by atoms with E-state index in [0.717, 1.165) is 15.6 Å². The number of nitrogens with zero attached hydrogens (tertiary/aromatic N) is 3. The molecule has 2 aromatic heterocycles. The number of hydrogen-bond acceptors (Lipinski definition) is 5. The second-order valence-corrected chi connectivity index (χ2v) is 5.49. The average molecular weight is 358 g/mol. The minimum atomic E-state index is -0.276. The molecule has 0 aliphatic rings. The molecule has 5 nitrogen and oxygen atoms in total. The summed E-state index contributed by atoms with van der Waals surface area (Å²) < 4.78 is 6.13. The Kier molecular flexibility index (Phi) is 4.02. The lowest BCUT2D eigenvalue weighted by atomic mass is 10.2. The number of aromatic hydroxyl groups is 1. The van der Waals surface area contributed by atoms with Crippen LogP contribution in [-0.2, 0) is 0 Å². The normalized spacial score (nSPS) is 11.2. The van der Waals surface area contributed by atoms with E-state index >= 15 is 0 Å². The van der Waals surface area contributed by atoms with Crippen molar-refractivity contribution in [1.29, 1.82) is 0 Å². The van der Waals surface area contributed by atoms with Crippen molar-refractivity contribution in [2.24, 2.45) is 4.99 Å². The molecule has 1 aromatic carbocycles. The summed E-state index contributed by atoms with van der Waals surface area (Å²) in [5.74, 6) is 0.593. The molecule has 0 unspecified atom stereocenters. The summed E-state index contributed by atoms with van der Waals surface area (Å²) in [7, 11) is 0. The molecule has 22 heavy (non-hydrogen) atoms. The Hall–Kier alpha value is -2.47. The largest absolute Gasteiger partial charge is 0.479 e. The van der Waals surface area contributed by atoms with E-state index in [2.05, 4.69) is 30.9 Å². The SMILES string of the molecule is Cc1ccnc(N=Cc2nc(-c3ccccc3Br)oc2O)c1. The molecule has 110 valence electrons. The van der Waals surface area contributed by atoms with Gasteiger partial charge in [0.05, 0.1) is 11.8 Å². The van der Waals surface area contributed by atoms with Crippen molar-refractivity contribution >= 4 is 28.0 Å². The van der Waals surface area contributed by atoms with E-state index in [-0.39, 0.29) is 11.6 Å². The highest BCUT2D eigenvalue weighted by atomic mass is 79.9. The zero-order valence-electron chi connectivity index (χ0n) is 11.7. The highest BCUT2D eigenvalue weighted by Crippen LogP contribution is 2.30. The van der Waals surface area contributed by atoms with E-state index in [1.165, 1.54) is 6.21 Å². The maximum atomic E-state index is 9.86. The third kappa shape index (κ3) is 3.07. The lowest BCUT2D eigenvalue weighted by Crippen LogP contribution is -1.84. The molecule has 0 saturated carbocycles. The predicted octanol–water partition coefficient (Wildman–Crippen LogP) is 4.26. The number of aliphatic imine (C=N–C) groups is 1. The fourth-order valence-corrected chi connectivity index (χ4v) is 2.33. The maximum absolute atomic E-state index is 9.86. The van der Waals surface area contributed by atoms with E-state index in [0.29, 0.717) is 11.7 Å². The summed E-state index contributed by atoms with van der Waals surface area (Å²) in [5.41, 5.74) is 2.07. The molecule has 3 aromatic rings. The summed E-state index contributed by atoms with van der Waals surface area (Å²) in [4.78, 5) is 12.6. The van der Waals surface area contributed by atoms with E-state index in [4.69, 9.17) is 4.42 Å². The molecular formula is C16H12BrN3O2. The third-order valence-corrected chi connectivity index (χ3v) is 3.65. The highest BCUT2D eigenvalue weighted by molar-refractivity contribution is 9.10. The van der Waals surface area contributed by atoms with Gasteiger partial charge >= 0.3 is 5.95 Å². The molecule has 0 aliphatic heterocycles. The Morgan fingerprint density at radius 3 is 2.86 bits per heavy atom. The molecule has 0 atom stereocenters. The number of aryl methyl sites for hydroxylation is 1. The van der Waals surface area contributed by atoms with E-state index < -0.39 is 0 Å². The van der Waals surface area contributed by atoms with Crippen LogP contribution in [0.4, 0.5) is 5.82 Å². The van der Waals surface area contributed by atoms with Crippen LogP contribution in [0, 0.1) is 6.92 Å². The molecule has 0 spiro atoms. The molecule has 1 N–H and O–H groups in total. The molecule has 0 fully saturated rings. The number of rotatable bonds is 3. The van der Waals surface area contributed by atoms with Crippen LogP contribution in [0.2, 0.25) is 0 Å². The quantitative estimate of drug-likeness (QED) is 0.710. The molecule has 0 bridgehead atoms. The summed E-state index contributed by atoms with van der Waals surface area (Å²) in [5, 5.41) is 9.86. The molecule has 0 amide bonds. The van der Waals surface area contributed by atoms with Gasteiger partial charge in [-0.3, -0.25) is 0 Å². The Labute approximate surface area is 135 Å². The Bertz CT molecular complexity index is 843. The first kappa shape index (κ1) is 14.5. The van der Waals surface area contributed by atoms with Gasteiger partial charge < -0.3 is 9.52 Å². The molecule has 0 aliphatic carbocycles. The van der Waals surface area contributed by atoms with Gasteiger partial charge in [0.15, 0.2) is 11.5 Å². The van der Waals surface area contributed by atoms with E-state index in [1.807, 2.05) is 43.3 Å². The number of hydrogen-bond donors (Lipinski definition) is 1. The van der Waals surface area contributed by atoms with Gasteiger partial charge in [-0.25, -0.2) is 15.0 Å². The lowest BCUT2D eigenvalue weighted by Gasteiger charge is -1.97.